The Bertz CT molecular complexity index is 1120. The second-order valence-electron chi connectivity index (χ2n) is 8.79. The summed E-state index contributed by atoms with van der Waals surface area (Å²) in [6, 6.07) is 31.0. The van der Waals surface area contributed by atoms with E-state index in [-0.39, 0.29) is 11.9 Å². The van der Waals surface area contributed by atoms with Crippen LogP contribution in [0.2, 0.25) is 0 Å². The van der Waals surface area contributed by atoms with E-state index in [0.29, 0.717) is 0 Å². The Morgan fingerprint density at radius 2 is 1.50 bits per heavy atom. The number of anilines is 1. The van der Waals surface area contributed by atoms with Gasteiger partial charge in [0.15, 0.2) is 0 Å². The Labute approximate surface area is 190 Å². The van der Waals surface area contributed by atoms with Gasteiger partial charge in [0.25, 0.3) is 0 Å². The molecular formula is C30H29NO. The maximum absolute atomic E-state index is 14.1. The third-order valence-electron chi connectivity index (χ3n) is 6.89. The number of amides is 1. The number of nitrogens with zero attached hydrogens (tertiary/aromatic N) is 1. The predicted molar refractivity (Wildman–Crippen MR) is 132 cm³/mol. The lowest BCUT2D eigenvalue weighted by molar-refractivity contribution is -0.137. The van der Waals surface area contributed by atoms with Gasteiger partial charge in [0.2, 0.25) is 5.91 Å². The molecule has 1 amide bonds. The van der Waals surface area contributed by atoms with Crippen LogP contribution in [0.25, 0.3) is 6.08 Å². The number of rotatable bonds is 6. The van der Waals surface area contributed by atoms with Gasteiger partial charge < -0.3 is 4.90 Å². The molecular weight excluding hydrogens is 390 g/mol. The molecule has 0 N–H and O–H groups in total. The molecule has 1 heterocycles. The smallest absolute Gasteiger partial charge is 0.240 e. The van der Waals surface area contributed by atoms with Crippen molar-refractivity contribution in [2.45, 2.75) is 38.1 Å². The van der Waals surface area contributed by atoms with E-state index in [1.165, 1.54) is 23.1 Å². The lowest BCUT2D eigenvalue weighted by Crippen LogP contribution is -2.64. The SMILES string of the molecule is O=C1N(c2ccccc2)[C@H](c2ccccc2)[C@]1(C/C=C/c1ccccc1)C1=CCCCC1. The maximum Gasteiger partial charge on any atom is 0.240 e. The monoisotopic (exact) mass is 419 g/mol. The Morgan fingerprint density at radius 1 is 0.844 bits per heavy atom. The minimum Gasteiger partial charge on any atom is -0.303 e. The van der Waals surface area contributed by atoms with E-state index in [2.05, 4.69) is 66.8 Å². The highest BCUT2D eigenvalue weighted by Gasteiger charge is 2.62. The molecule has 2 heteroatoms. The third-order valence-corrected chi connectivity index (χ3v) is 6.89. The largest absolute Gasteiger partial charge is 0.303 e. The number of carbonyl (C=O) groups is 1. The Hall–Kier alpha value is -3.39. The highest BCUT2D eigenvalue weighted by Crippen LogP contribution is 2.59. The van der Waals surface area contributed by atoms with Crippen molar-refractivity contribution >= 4 is 17.7 Å². The molecule has 1 saturated heterocycles. The Balaban J connectivity index is 1.59. The van der Waals surface area contributed by atoms with Crippen LogP contribution in [0.1, 0.15) is 49.3 Å². The van der Waals surface area contributed by atoms with E-state index in [4.69, 9.17) is 0 Å². The van der Waals surface area contributed by atoms with Crippen LogP contribution in [0, 0.1) is 5.41 Å². The second kappa shape index (κ2) is 9.00. The van der Waals surface area contributed by atoms with Crippen molar-refractivity contribution in [1.29, 1.82) is 0 Å². The molecule has 32 heavy (non-hydrogen) atoms. The van der Waals surface area contributed by atoms with Gasteiger partial charge in [0.1, 0.15) is 0 Å². The van der Waals surface area contributed by atoms with Gasteiger partial charge in [-0.25, -0.2) is 0 Å². The molecule has 1 fully saturated rings. The number of hydrogen-bond donors (Lipinski definition) is 0. The fraction of sp³-hybridized carbons (Fsp3) is 0.233. The summed E-state index contributed by atoms with van der Waals surface area (Å²) in [4.78, 5) is 16.1. The summed E-state index contributed by atoms with van der Waals surface area (Å²) < 4.78 is 0. The third kappa shape index (κ3) is 3.60. The minimum absolute atomic E-state index is 0.00312. The molecule has 1 aliphatic heterocycles. The molecule has 1 aliphatic carbocycles. The van der Waals surface area contributed by atoms with Crippen molar-refractivity contribution in [1.82, 2.24) is 0 Å². The van der Waals surface area contributed by atoms with Crippen LogP contribution in [-0.2, 0) is 4.79 Å². The lowest BCUT2D eigenvalue weighted by Gasteiger charge is -2.58. The fourth-order valence-corrected chi connectivity index (χ4v) is 5.36. The van der Waals surface area contributed by atoms with Crippen LogP contribution in [0.5, 0.6) is 0 Å². The highest BCUT2D eigenvalue weighted by molar-refractivity contribution is 6.08. The first-order valence-corrected chi connectivity index (χ1v) is 11.7. The number of para-hydroxylation sites is 1. The first-order valence-electron chi connectivity index (χ1n) is 11.7. The topological polar surface area (TPSA) is 20.3 Å². The summed E-state index contributed by atoms with van der Waals surface area (Å²) in [7, 11) is 0. The fourth-order valence-electron chi connectivity index (χ4n) is 5.36. The average Bonchev–Trinajstić information content (AvgIpc) is 2.87. The second-order valence-corrected chi connectivity index (χ2v) is 8.79. The average molecular weight is 420 g/mol. The molecule has 160 valence electrons. The van der Waals surface area contributed by atoms with Gasteiger partial charge >= 0.3 is 0 Å². The number of hydrogen-bond acceptors (Lipinski definition) is 1. The van der Waals surface area contributed by atoms with Crippen molar-refractivity contribution in [3.05, 3.63) is 120 Å². The van der Waals surface area contributed by atoms with Gasteiger partial charge in [-0.05, 0) is 55.4 Å². The van der Waals surface area contributed by atoms with Gasteiger partial charge in [0, 0.05) is 5.69 Å². The molecule has 2 atom stereocenters. The number of benzene rings is 3. The summed E-state index contributed by atoms with van der Waals surface area (Å²) in [5.74, 6) is 0.225. The van der Waals surface area contributed by atoms with Crippen LogP contribution >= 0.6 is 0 Å². The molecule has 3 aromatic rings. The summed E-state index contributed by atoms with van der Waals surface area (Å²) in [5.41, 5.74) is 4.17. The Morgan fingerprint density at radius 3 is 2.16 bits per heavy atom. The molecule has 2 aliphatic rings. The van der Waals surface area contributed by atoms with E-state index in [1.54, 1.807) is 0 Å². The minimum atomic E-state index is -0.511. The van der Waals surface area contributed by atoms with Gasteiger partial charge in [-0.15, -0.1) is 0 Å². The van der Waals surface area contributed by atoms with Crippen molar-refractivity contribution in [2.24, 2.45) is 5.41 Å². The zero-order valence-corrected chi connectivity index (χ0v) is 18.4. The van der Waals surface area contributed by atoms with Gasteiger partial charge in [-0.1, -0.05) is 103 Å². The van der Waals surface area contributed by atoms with Crippen molar-refractivity contribution in [3.8, 4) is 0 Å². The van der Waals surface area contributed by atoms with E-state index < -0.39 is 5.41 Å². The van der Waals surface area contributed by atoms with Crippen LogP contribution < -0.4 is 4.90 Å². The normalized spacial score (nSPS) is 23.1. The van der Waals surface area contributed by atoms with E-state index in [0.717, 1.165) is 31.4 Å². The number of allylic oxidation sites excluding steroid dienone is 2. The molecule has 5 rings (SSSR count). The predicted octanol–water partition coefficient (Wildman–Crippen LogP) is 7.36. The molecule has 0 bridgehead atoms. The molecule has 2 nitrogen and oxygen atoms in total. The molecule has 3 aromatic carbocycles. The first-order chi connectivity index (χ1) is 15.8. The van der Waals surface area contributed by atoms with Crippen LogP contribution in [-0.4, -0.2) is 5.91 Å². The van der Waals surface area contributed by atoms with E-state index >= 15 is 0 Å². The van der Waals surface area contributed by atoms with Gasteiger partial charge in [0.05, 0.1) is 11.5 Å². The molecule has 0 saturated carbocycles. The van der Waals surface area contributed by atoms with Crippen molar-refractivity contribution in [2.75, 3.05) is 4.90 Å². The summed E-state index contributed by atoms with van der Waals surface area (Å²) in [5, 5.41) is 0. The highest BCUT2D eigenvalue weighted by atomic mass is 16.2. The quantitative estimate of drug-likeness (QED) is 0.302. The maximum atomic E-state index is 14.1. The van der Waals surface area contributed by atoms with Gasteiger partial charge in [-0.2, -0.15) is 0 Å². The van der Waals surface area contributed by atoms with Crippen LogP contribution in [0.15, 0.2) is 109 Å². The van der Waals surface area contributed by atoms with Gasteiger partial charge in [-0.3, -0.25) is 4.79 Å². The zero-order chi connectivity index (χ0) is 21.8. The van der Waals surface area contributed by atoms with E-state index in [1.807, 2.05) is 47.4 Å². The molecule has 0 aromatic heterocycles. The number of carbonyl (C=O) groups excluding carboxylic acids is 1. The van der Waals surface area contributed by atoms with Crippen LogP contribution in [0.3, 0.4) is 0 Å². The molecule has 0 spiro atoms. The van der Waals surface area contributed by atoms with Crippen molar-refractivity contribution < 1.29 is 4.79 Å². The molecule has 0 unspecified atom stereocenters. The number of β-lactam (4-membered cyclic amide) rings is 1. The summed E-state index contributed by atoms with van der Waals surface area (Å²) in [6.45, 7) is 0. The lowest BCUT2D eigenvalue weighted by atomic mass is 9.59. The molecule has 0 radical (unpaired) electrons. The Kier molecular flexibility index (Phi) is 5.77. The van der Waals surface area contributed by atoms with Crippen molar-refractivity contribution in [3.63, 3.8) is 0 Å². The zero-order valence-electron chi connectivity index (χ0n) is 18.4. The standard InChI is InChI=1S/C30H29NO/c32-29-30(26-19-9-3-10-20-26,23-13-16-24-14-5-1-6-15-24)28(25-17-7-2-8-18-25)31(29)27-21-11-4-12-22-27/h1-2,4-8,11-19,21-22,28H,3,9-10,20,23H2/b16-13+/t28-,30+/m1/s1. The summed E-state index contributed by atoms with van der Waals surface area (Å²) >= 11 is 0. The first kappa shape index (κ1) is 20.5. The van der Waals surface area contributed by atoms with Crippen LogP contribution in [0.4, 0.5) is 5.69 Å². The van der Waals surface area contributed by atoms with E-state index in [9.17, 15) is 4.79 Å². The summed E-state index contributed by atoms with van der Waals surface area (Å²) in [6.07, 6.45) is 11.9.